The smallest absolute Gasteiger partial charge is 0.255 e. The van der Waals surface area contributed by atoms with Crippen LogP contribution in [0.25, 0.3) is 11.6 Å². The molecule has 5 nitrogen and oxygen atoms in total. The van der Waals surface area contributed by atoms with E-state index in [1.54, 1.807) is 18.2 Å². The van der Waals surface area contributed by atoms with Gasteiger partial charge in [0.1, 0.15) is 5.82 Å². The fourth-order valence-corrected chi connectivity index (χ4v) is 3.87. The zero-order valence-corrected chi connectivity index (χ0v) is 18.4. The van der Waals surface area contributed by atoms with E-state index in [2.05, 4.69) is 45.6 Å². The van der Waals surface area contributed by atoms with E-state index in [0.717, 1.165) is 37.3 Å². The number of nitrogens with two attached hydrogens (primary N) is 1. The van der Waals surface area contributed by atoms with Crippen molar-refractivity contribution in [2.45, 2.75) is 6.42 Å². The maximum absolute atomic E-state index is 12.7. The molecule has 0 saturated heterocycles. The van der Waals surface area contributed by atoms with Crippen molar-refractivity contribution in [3.8, 4) is 0 Å². The van der Waals surface area contributed by atoms with Gasteiger partial charge < -0.3 is 11.1 Å². The molecule has 2 heterocycles. The molecule has 32 heavy (non-hydrogen) atoms. The van der Waals surface area contributed by atoms with Crippen molar-refractivity contribution in [3.63, 3.8) is 0 Å². The van der Waals surface area contributed by atoms with Gasteiger partial charge in [-0.1, -0.05) is 60.2 Å². The largest absolute Gasteiger partial charge is 0.384 e. The summed E-state index contributed by atoms with van der Waals surface area (Å²) in [6.45, 7) is 2.67. The minimum atomic E-state index is -0.230. The molecule has 0 bridgehead atoms. The third kappa shape index (κ3) is 5.63. The number of hydrogen-bond donors (Lipinski definition) is 2. The molecule has 0 spiro atoms. The number of nitrogens with one attached hydrogen (secondary N) is 1. The Balaban J connectivity index is 1.45. The summed E-state index contributed by atoms with van der Waals surface area (Å²) in [5.41, 5.74) is 10.2. The minimum Gasteiger partial charge on any atom is -0.384 e. The molecule has 2 aromatic carbocycles. The number of pyridine rings is 1. The molecule has 0 aliphatic carbocycles. The van der Waals surface area contributed by atoms with Crippen molar-refractivity contribution in [1.82, 2.24) is 9.88 Å². The van der Waals surface area contributed by atoms with Crippen LogP contribution in [0.1, 0.15) is 27.9 Å². The van der Waals surface area contributed by atoms with E-state index in [9.17, 15) is 4.79 Å². The van der Waals surface area contributed by atoms with E-state index >= 15 is 0 Å². The number of hydrogen-bond acceptors (Lipinski definition) is 4. The number of nitrogens with zero attached hydrogens (tertiary/aromatic N) is 2. The van der Waals surface area contributed by atoms with Crippen molar-refractivity contribution >= 4 is 40.7 Å². The van der Waals surface area contributed by atoms with Crippen LogP contribution in [-0.4, -0.2) is 35.4 Å². The molecule has 3 aromatic rings. The third-order valence-electron chi connectivity index (χ3n) is 5.39. The fourth-order valence-electron chi connectivity index (χ4n) is 3.70. The number of halogens is 1. The third-order valence-corrected chi connectivity index (χ3v) is 5.62. The zero-order valence-electron chi connectivity index (χ0n) is 17.7. The lowest BCUT2D eigenvalue weighted by Crippen LogP contribution is -2.28. The number of anilines is 2. The molecule has 3 N–H and O–H groups in total. The molecule has 0 atom stereocenters. The highest BCUT2D eigenvalue weighted by Crippen LogP contribution is 2.31. The zero-order chi connectivity index (χ0) is 22.3. The maximum atomic E-state index is 12.7. The number of amides is 1. The number of rotatable bonds is 6. The van der Waals surface area contributed by atoms with Gasteiger partial charge >= 0.3 is 0 Å². The number of aromatic nitrogens is 1. The number of carbonyl (C=O) groups excluding carboxylic acids is 1. The summed E-state index contributed by atoms with van der Waals surface area (Å²) in [7, 11) is 0. The minimum absolute atomic E-state index is 0.230. The van der Waals surface area contributed by atoms with Crippen LogP contribution in [0.4, 0.5) is 11.5 Å². The lowest BCUT2D eigenvalue weighted by molar-refractivity contribution is 0.102. The highest BCUT2D eigenvalue weighted by molar-refractivity contribution is 6.31. The Hall–Kier alpha value is -3.41. The summed E-state index contributed by atoms with van der Waals surface area (Å²) in [6, 6.07) is 19.0. The highest BCUT2D eigenvalue weighted by Gasteiger charge is 2.17. The molecule has 0 fully saturated rings. The van der Waals surface area contributed by atoms with Crippen LogP contribution in [-0.2, 0) is 0 Å². The van der Waals surface area contributed by atoms with Crippen molar-refractivity contribution in [2.75, 3.05) is 30.7 Å². The second kappa shape index (κ2) is 10.3. The van der Waals surface area contributed by atoms with Crippen molar-refractivity contribution in [3.05, 3.63) is 101 Å². The number of benzene rings is 2. The summed E-state index contributed by atoms with van der Waals surface area (Å²) >= 11 is 6.28. The average molecular weight is 445 g/mol. The molecule has 1 aliphatic rings. The van der Waals surface area contributed by atoms with E-state index in [4.69, 9.17) is 17.3 Å². The fraction of sp³-hybridized carbons (Fsp3) is 0.154. The van der Waals surface area contributed by atoms with E-state index in [1.807, 2.05) is 30.3 Å². The molecule has 1 amide bonds. The van der Waals surface area contributed by atoms with E-state index in [-0.39, 0.29) is 5.91 Å². The monoisotopic (exact) mass is 444 g/mol. The first-order valence-electron chi connectivity index (χ1n) is 10.5. The van der Waals surface area contributed by atoms with Crippen molar-refractivity contribution in [1.29, 1.82) is 0 Å². The van der Waals surface area contributed by atoms with E-state index in [0.29, 0.717) is 16.4 Å². The van der Waals surface area contributed by atoms with Crippen LogP contribution < -0.4 is 11.1 Å². The molecule has 0 saturated carbocycles. The molecular weight excluding hydrogens is 420 g/mol. The van der Waals surface area contributed by atoms with Crippen LogP contribution in [0.5, 0.6) is 0 Å². The lowest BCUT2D eigenvalue weighted by atomic mass is 9.97. The Morgan fingerprint density at radius 3 is 2.75 bits per heavy atom. The van der Waals surface area contributed by atoms with E-state index in [1.165, 1.54) is 17.3 Å². The summed E-state index contributed by atoms with van der Waals surface area (Å²) in [4.78, 5) is 19.0. The Morgan fingerprint density at radius 2 is 2.00 bits per heavy atom. The summed E-state index contributed by atoms with van der Waals surface area (Å²) in [6.07, 6.45) is 8.96. The topological polar surface area (TPSA) is 71.2 Å². The van der Waals surface area contributed by atoms with Gasteiger partial charge in [0.05, 0.1) is 0 Å². The molecule has 0 unspecified atom stereocenters. The SMILES string of the molecule is Nc1cc(C(=O)Nc2ccc(Cl)cc2C2=CCN(C/C=C/c3ccccc3)CC2)ccn1. The Kier molecular flexibility index (Phi) is 7.00. The van der Waals surface area contributed by atoms with Gasteiger partial charge in [-0.15, -0.1) is 0 Å². The van der Waals surface area contributed by atoms with Crippen LogP contribution in [0.15, 0.2) is 79.0 Å². The van der Waals surface area contributed by atoms with Gasteiger partial charge in [0.25, 0.3) is 5.91 Å². The molecular formula is C26H25ClN4O. The Bertz CT molecular complexity index is 1160. The van der Waals surface area contributed by atoms with Gasteiger partial charge in [0, 0.05) is 47.7 Å². The summed E-state index contributed by atoms with van der Waals surface area (Å²) in [5, 5.41) is 3.63. The van der Waals surface area contributed by atoms with Gasteiger partial charge in [-0.2, -0.15) is 0 Å². The van der Waals surface area contributed by atoms with Gasteiger partial charge in [-0.25, -0.2) is 4.98 Å². The summed E-state index contributed by atoms with van der Waals surface area (Å²) < 4.78 is 0. The first-order valence-corrected chi connectivity index (χ1v) is 10.9. The highest BCUT2D eigenvalue weighted by atomic mass is 35.5. The van der Waals surface area contributed by atoms with Crippen molar-refractivity contribution < 1.29 is 4.79 Å². The van der Waals surface area contributed by atoms with Crippen molar-refractivity contribution in [2.24, 2.45) is 0 Å². The van der Waals surface area contributed by atoms with Gasteiger partial charge in [0.15, 0.2) is 0 Å². The van der Waals surface area contributed by atoms with E-state index < -0.39 is 0 Å². The van der Waals surface area contributed by atoms with Gasteiger partial charge in [-0.05, 0) is 47.9 Å². The second-order valence-electron chi connectivity index (χ2n) is 7.67. The molecule has 1 aliphatic heterocycles. The molecule has 1 aromatic heterocycles. The van der Waals surface area contributed by atoms with Gasteiger partial charge in [-0.3, -0.25) is 9.69 Å². The maximum Gasteiger partial charge on any atom is 0.255 e. The summed E-state index contributed by atoms with van der Waals surface area (Å²) in [5.74, 6) is 0.0807. The second-order valence-corrected chi connectivity index (χ2v) is 8.10. The molecule has 162 valence electrons. The molecule has 6 heteroatoms. The van der Waals surface area contributed by atoms with Crippen LogP contribution >= 0.6 is 11.6 Å². The first kappa shape index (κ1) is 21.8. The van der Waals surface area contributed by atoms with Gasteiger partial charge in [0.2, 0.25) is 0 Å². The molecule has 0 radical (unpaired) electrons. The average Bonchev–Trinajstić information content (AvgIpc) is 2.81. The predicted octanol–water partition coefficient (Wildman–Crippen LogP) is 5.37. The predicted molar refractivity (Wildman–Crippen MR) is 133 cm³/mol. The normalized spacial score (nSPS) is 14.3. The Labute approximate surface area is 193 Å². The van der Waals surface area contributed by atoms with Crippen LogP contribution in [0, 0.1) is 0 Å². The lowest BCUT2D eigenvalue weighted by Gasteiger charge is -2.26. The van der Waals surface area contributed by atoms with Crippen LogP contribution in [0.2, 0.25) is 5.02 Å². The number of nitrogen functional groups attached to an aromatic ring is 1. The standard InChI is InChI=1S/C26H25ClN4O/c27-22-8-9-24(30-26(32)21-10-13-29-25(28)17-21)23(18-22)20-11-15-31(16-12-20)14-4-7-19-5-2-1-3-6-19/h1-11,13,17-18H,12,14-16H2,(H2,28,29)(H,30,32)/b7-4+. The van der Waals surface area contributed by atoms with Crippen LogP contribution in [0.3, 0.4) is 0 Å². The molecule has 4 rings (SSSR count). The quantitative estimate of drug-likeness (QED) is 0.536. The first-order chi connectivity index (χ1) is 15.6. The Morgan fingerprint density at radius 1 is 1.16 bits per heavy atom. The number of carbonyl (C=O) groups is 1.